The molecule has 0 saturated carbocycles. The van der Waals surface area contributed by atoms with Crippen LogP contribution in [0.2, 0.25) is 0 Å². The molecule has 0 aliphatic carbocycles. The number of nitriles is 1. The summed E-state index contributed by atoms with van der Waals surface area (Å²) in [7, 11) is -3.34. The quantitative estimate of drug-likeness (QED) is 0.736. The van der Waals surface area contributed by atoms with Gasteiger partial charge in [0.25, 0.3) is 0 Å². The van der Waals surface area contributed by atoms with Crippen molar-refractivity contribution in [2.24, 2.45) is 0 Å². The Morgan fingerprint density at radius 1 is 1.50 bits per heavy atom. The monoisotopic (exact) mass is 210 g/mol. The summed E-state index contributed by atoms with van der Waals surface area (Å²) in [6, 6.07) is 6.09. The van der Waals surface area contributed by atoms with Gasteiger partial charge in [0, 0.05) is 0 Å². The highest BCUT2D eigenvalue weighted by Crippen LogP contribution is 2.20. The van der Waals surface area contributed by atoms with Gasteiger partial charge in [-0.2, -0.15) is 5.26 Å². The van der Waals surface area contributed by atoms with Crippen molar-refractivity contribution in [1.29, 1.82) is 5.26 Å². The molecule has 2 N–H and O–H groups in total. The number of benzene rings is 1. The molecule has 1 aromatic rings. The average Bonchev–Trinajstić information content (AvgIpc) is 2.18. The molecule has 0 amide bonds. The largest absolute Gasteiger partial charge is 0.398 e. The second kappa shape index (κ2) is 3.68. The van der Waals surface area contributed by atoms with E-state index in [1.54, 1.807) is 0 Å². The molecule has 0 aliphatic heterocycles. The summed E-state index contributed by atoms with van der Waals surface area (Å²) in [6.07, 6.45) is 0. The fraction of sp³-hybridized carbons (Fsp3) is 0.222. The van der Waals surface area contributed by atoms with E-state index in [-0.39, 0.29) is 16.3 Å². The highest BCUT2D eigenvalue weighted by atomic mass is 32.2. The van der Waals surface area contributed by atoms with Gasteiger partial charge in [-0.15, -0.1) is 0 Å². The van der Waals surface area contributed by atoms with Gasteiger partial charge in [-0.25, -0.2) is 8.42 Å². The van der Waals surface area contributed by atoms with E-state index in [2.05, 4.69) is 0 Å². The van der Waals surface area contributed by atoms with Crippen LogP contribution in [0, 0.1) is 11.3 Å². The van der Waals surface area contributed by atoms with E-state index in [1.807, 2.05) is 6.07 Å². The summed E-state index contributed by atoms with van der Waals surface area (Å²) >= 11 is 0. The number of hydrogen-bond acceptors (Lipinski definition) is 4. The zero-order valence-corrected chi connectivity index (χ0v) is 8.50. The van der Waals surface area contributed by atoms with Crippen molar-refractivity contribution in [3.8, 4) is 6.07 Å². The fourth-order valence-corrected chi connectivity index (χ4v) is 2.07. The van der Waals surface area contributed by atoms with E-state index in [0.717, 1.165) is 0 Å². The van der Waals surface area contributed by atoms with E-state index >= 15 is 0 Å². The first-order valence-corrected chi connectivity index (χ1v) is 5.69. The Labute approximate surface area is 82.9 Å². The lowest BCUT2D eigenvalue weighted by Crippen LogP contribution is -2.07. The van der Waals surface area contributed by atoms with Crippen molar-refractivity contribution in [2.75, 3.05) is 11.5 Å². The van der Waals surface area contributed by atoms with Gasteiger partial charge in [-0.1, -0.05) is 6.92 Å². The molecule has 0 atom stereocenters. The maximum absolute atomic E-state index is 11.5. The lowest BCUT2D eigenvalue weighted by molar-refractivity contribution is 0.597. The standard InChI is InChI=1S/C9H10N2O2S/c1-2-14(12,13)9-5-7(6-10)3-4-8(9)11/h3-5H,2,11H2,1H3. The Kier molecular flexibility index (Phi) is 2.77. The van der Waals surface area contributed by atoms with Crippen molar-refractivity contribution in [3.05, 3.63) is 23.8 Å². The lowest BCUT2D eigenvalue weighted by atomic mass is 10.2. The number of anilines is 1. The molecule has 0 spiro atoms. The zero-order chi connectivity index (χ0) is 10.8. The lowest BCUT2D eigenvalue weighted by Gasteiger charge is -2.04. The van der Waals surface area contributed by atoms with Crippen LogP contribution >= 0.6 is 0 Å². The predicted octanol–water partition coefficient (Wildman–Crippen LogP) is 0.934. The molecule has 0 fully saturated rings. The average molecular weight is 210 g/mol. The SMILES string of the molecule is CCS(=O)(=O)c1cc(C#N)ccc1N. The zero-order valence-electron chi connectivity index (χ0n) is 7.69. The van der Waals surface area contributed by atoms with Crippen LogP contribution in [0.15, 0.2) is 23.1 Å². The van der Waals surface area contributed by atoms with Crippen LogP contribution in [-0.4, -0.2) is 14.2 Å². The van der Waals surface area contributed by atoms with Gasteiger partial charge in [-0.3, -0.25) is 0 Å². The first kappa shape index (κ1) is 10.5. The molecule has 0 aromatic heterocycles. The number of nitrogen functional groups attached to an aromatic ring is 1. The highest BCUT2D eigenvalue weighted by molar-refractivity contribution is 7.91. The second-order valence-corrected chi connectivity index (χ2v) is 5.01. The third kappa shape index (κ3) is 1.86. The van der Waals surface area contributed by atoms with Crippen LogP contribution in [0.5, 0.6) is 0 Å². The van der Waals surface area contributed by atoms with Crippen molar-refractivity contribution in [1.82, 2.24) is 0 Å². The normalized spacial score (nSPS) is 10.9. The Hall–Kier alpha value is -1.54. The number of rotatable bonds is 2. The minimum absolute atomic E-state index is 0.0217. The van der Waals surface area contributed by atoms with Gasteiger partial charge < -0.3 is 5.73 Å². The van der Waals surface area contributed by atoms with Gasteiger partial charge in [-0.05, 0) is 18.2 Å². The van der Waals surface area contributed by atoms with Crippen LogP contribution in [0.3, 0.4) is 0 Å². The molecule has 5 heteroatoms. The van der Waals surface area contributed by atoms with Crippen LogP contribution in [0.1, 0.15) is 12.5 Å². The molecule has 0 unspecified atom stereocenters. The Morgan fingerprint density at radius 2 is 2.14 bits per heavy atom. The topological polar surface area (TPSA) is 84.0 Å². The van der Waals surface area contributed by atoms with E-state index in [4.69, 9.17) is 11.0 Å². The van der Waals surface area contributed by atoms with Crippen LogP contribution in [-0.2, 0) is 9.84 Å². The number of nitrogens with zero attached hydrogens (tertiary/aromatic N) is 1. The first-order valence-electron chi connectivity index (χ1n) is 4.03. The van der Waals surface area contributed by atoms with Crippen molar-refractivity contribution >= 4 is 15.5 Å². The first-order chi connectivity index (χ1) is 6.51. The summed E-state index contributed by atoms with van der Waals surface area (Å²) in [5.74, 6) is -0.0217. The summed E-state index contributed by atoms with van der Waals surface area (Å²) in [5.41, 5.74) is 6.00. The third-order valence-electron chi connectivity index (χ3n) is 1.86. The molecule has 1 rings (SSSR count). The number of hydrogen-bond donors (Lipinski definition) is 1. The smallest absolute Gasteiger partial charge is 0.180 e. The maximum atomic E-state index is 11.5. The van der Waals surface area contributed by atoms with Crippen LogP contribution in [0.4, 0.5) is 5.69 Å². The van der Waals surface area contributed by atoms with Gasteiger partial charge >= 0.3 is 0 Å². The van der Waals surface area contributed by atoms with Gasteiger partial charge in [0.15, 0.2) is 9.84 Å². The van der Waals surface area contributed by atoms with Crippen LogP contribution < -0.4 is 5.73 Å². The minimum Gasteiger partial charge on any atom is -0.398 e. The third-order valence-corrected chi connectivity index (χ3v) is 3.64. The van der Waals surface area contributed by atoms with Crippen molar-refractivity contribution in [3.63, 3.8) is 0 Å². The molecule has 0 saturated heterocycles. The summed E-state index contributed by atoms with van der Waals surface area (Å²) in [5, 5.41) is 8.61. The molecular formula is C9H10N2O2S. The molecule has 4 nitrogen and oxygen atoms in total. The maximum Gasteiger partial charge on any atom is 0.180 e. The number of sulfone groups is 1. The second-order valence-electron chi connectivity index (χ2n) is 2.77. The number of nitrogens with two attached hydrogens (primary N) is 1. The Bertz CT molecular complexity index is 486. The molecule has 0 radical (unpaired) electrons. The minimum atomic E-state index is -3.34. The van der Waals surface area contributed by atoms with Crippen molar-refractivity contribution < 1.29 is 8.42 Å². The summed E-state index contributed by atoms with van der Waals surface area (Å²) in [6.45, 7) is 1.54. The van der Waals surface area contributed by atoms with E-state index in [1.165, 1.54) is 25.1 Å². The van der Waals surface area contributed by atoms with E-state index < -0.39 is 9.84 Å². The molecular weight excluding hydrogens is 200 g/mol. The van der Waals surface area contributed by atoms with E-state index in [0.29, 0.717) is 5.56 Å². The Balaban J connectivity index is 3.43. The van der Waals surface area contributed by atoms with Crippen LogP contribution in [0.25, 0.3) is 0 Å². The Morgan fingerprint density at radius 3 is 2.64 bits per heavy atom. The summed E-state index contributed by atoms with van der Waals surface area (Å²) in [4.78, 5) is 0.0408. The summed E-state index contributed by atoms with van der Waals surface area (Å²) < 4.78 is 23.0. The molecule has 74 valence electrons. The van der Waals surface area contributed by atoms with E-state index in [9.17, 15) is 8.42 Å². The van der Waals surface area contributed by atoms with Gasteiger partial charge in [0.05, 0.1) is 28.0 Å². The van der Waals surface area contributed by atoms with Crippen molar-refractivity contribution in [2.45, 2.75) is 11.8 Å². The highest BCUT2D eigenvalue weighted by Gasteiger charge is 2.15. The molecule has 1 aromatic carbocycles. The fourth-order valence-electron chi connectivity index (χ4n) is 1.03. The molecule has 0 bridgehead atoms. The van der Waals surface area contributed by atoms with Gasteiger partial charge in [0.2, 0.25) is 0 Å². The molecule has 0 heterocycles. The molecule has 14 heavy (non-hydrogen) atoms. The van der Waals surface area contributed by atoms with Gasteiger partial charge in [0.1, 0.15) is 0 Å². The predicted molar refractivity (Wildman–Crippen MR) is 53.3 cm³/mol. The molecule has 0 aliphatic rings.